The first-order chi connectivity index (χ1) is 5.74. The van der Waals surface area contributed by atoms with Crippen LogP contribution >= 0.6 is 0 Å². The molecule has 0 aliphatic rings. The van der Waals surface area contributed by atoms with Crippen LogP contribution in [0.2, 0.25) is 0 Å². The molecule has 0 radical (unpaired) electrons. The van der Waals surface area contributed by atoms with Gasteiger partial charge in [-0.1, -0.05) is 6.92 Å². The van der Waals surface area contributed by atoms with E-state index in [-0.39, 0.29) is 5.75 Å². The third-order valence-electron chi connectivity index (χ3n) is 1.59. The molecule has 0 saturated heterocycles. The third kappa shape index (κ3) is 2.05. The fourth-order valence-electron chi connectivity index (χ4n) is 0.958. The topological polar surface area (TPSA) is 58.3 Å². The summed E-state index contributed by atoms with van der Waals surface area (Å²) in [6, 6.07) is 5.08. The molecule has 0 spiro atoms. The molecule has 3 heteroatoms. The van der Waals surface area contributed by atoms with E-state index in [9.17, 15) is 5.11 Å². The van der Waals surface area contributed by atoms with E-state index >= 15 is 0 Å². The number of rotatable bonds is 3. The second-order valence-corrected chi connectivity index (χ2v) is 2.70. The molecule has 0 bridgehead atoms. The molecular formula is C9H14N2O. The second kappa shape index (κ2) is 3.85. The van der Waals surface area contributed by atoms with Crippen LogP contribution in [0.1, 0.15) is 13.3 Å². The van der Waals surface area contributed by atoms with Crippen molar-refractivity contribution in [1.29, 1.82) is 0 Å². The smallest absolute Gasteiger partial charge is 0.140 e. The van der Waals surface area contributed by atoms with Gasteiger partial charge in [0, 0.05) is 18.3 Å². The maximum absolute atomic E-state index is 9.38. The molecule has 12 heavy (non-hydrogen) atoms. The molecule has 0 aliphatic heterocycles. The summed E-state index contributed by atoms with van der Waals surface area (Å²) in [5.41, 5.74) is 6.79. The largest absolute Gasteiger partial charge is 0.506 e. The van der Waals surface area contributed by atoms with Gasteiger partial charge in [-0.25, -0.2) is 0 Å². The van der Waals surface area contributed by atoms with Gasteiger partial charge >= 0.3 is 0 Å². The van der Waals surface area contributed by atoms with E-state index < -0.39 is 0 Å². The summed E-state index contributed by atoms with van der Waals surface area (Å²) in [5.74, 6) is 0.212. The molecule has 0 saturated carbocycles. The molecule has 0 unspecified atom stereocenters. The molecule has 66 valence electrons. The number of anilines is 2. The normalized spacial score (nSPS) is 9.75. The van der Waals surface area contributed by atoms with Crippen molar-refractivity contribution in [2.75, 3.05) is 17.6 Å². The highest BCUT2D eigenvalue weighted by molar-refractivity contribution is 5.61. The monoisotopic (exact) mass is 166 g/mol. The van der Waals surface area contributed by atoms with Crippen molar-refractivity contribution in [3.05, 3.63) is 18.2 Å². The number of hydrogen-bond acceptors (Lipinski definition) is 3. The van der Waals surface area contributed by atoms with Gasteiger partial charge in [-0.3, -0.25) is 0 Å². The lowest BCUT2D eigenvalue weighted by Gasteiger charge is -2.06. The van der Waals surface area contributed by atoms with Gasteiger partial charge in [0.25, 0.3) is 0 Å². The minimum Gasteiger partial charge on any atom is -0.506 e. The van der Waals surface area contributed by atoms with E-state index in [1.54, 1.807) is 12.1 Å². The summed E-state index contributed by atoms with van der Waals surface area (Å²) in [7, 11) is 0. The minimum atomic E-state index is 0.212. The van der Waals surface area contributed by atoms with E-state index in [0.717, 1.165) is 18.7 Å². The zero-order valence-corrected chi connectivity index (χ0v) is 7.17. The Morgan fingerprint density at radius 3 is 2.83 bits per heavy atom. The molecular weight excluding hydrogens is 152 g/mol. The predicted molar refractivity (Wildman–Crippen MR) is 51.3 cm³/mol. The zero-order chi connectivity index (χ0) is 8.97. The molecule has 0 aliphatic carbocycles. The van der Waals surface area contributed by atoms with E-state index in [0.29, 0.717) is 5.69 Å². The van der Waals surface area contributed by atoms with Crippen molar-refractivity contribution in [1.82, 2.24) is 0 Å². The lowest BCUT2D eigenvalue weighted by atomic mass is 10.2. The standard InChI is InChI=1S/C9H14N2O/c1-2-5-11-8-4-3-7(10)6-9(8)12/h3-4,6,11-12H,2,5,10H2,1H3. The van der Waals surface area contributed by atoms with Gasteiger partial charge in [0.1, 0.15) is 5.75 Å². The Balaban J connectivity index is 2.72. The first-order valence-corrected chi connectivity index (χ1v) is 4.06. The van der Waals surface area contributed by atoms with Crippen LogP contribution in [0.3, 0.4) is 0 Å². The van der Waals surface area contributed by atoms with Crippen LogP contribution in [0.25, 0.3) is 0 Å². The Bertz CT molecular complexity index is 261. The quantitative estimate of drug-likeness (QED) is 0.474. The number of benzene rings is 1. The molecule has 3 nitrogen and oxygen atoms in total. The number of nitrogens with two attached hydrogens (primary N) is 1. The zero-order valence-electron chi connectivity index (χ0n) is 7.17. The van der Waals surface area contributed by atoms with Crippen molar-refractivity contribution < 1.29 is 5.11 Å². The fraction of sp³-hybridized carbons (Fsp3) is 0.333. The van der Waals surface area contributed by atoms with Gasteiger partial charge in [0.05, 0.1) is 5.69 Å². The number of phenolic OH excluding ortho intramolecular Hbond substituents is 1. The lowest BCUT2D eigenvalue weighted by Crippen LogP contribution is -1.99. The van der Waals surface area contributed by atoms with Crippen LogP contribution in [0.4, 0.5) is 11.4 Å². The second-order valence-electron chi connectivity index (χ2n) is 2.70. The highest BCUT2D eigenvalue weighted by Crippen LogP contribution is 2.24. The summed E-state index contributed by atoms with van der Waals surface area (Å²) >= 11 is 0. The Labute approximate surface area is 72.2 Å². The SMILES string of the molecule is CCCNc1ccc(N)cc1O. The summed E-state index contributed by atoms with van der Waals surface area (Å²) in [6.07, 6.45) is 1.03. The predicted octanol–water partition coefficient (Wildman–Crippen LogP) is 1.80. The average molecular weight is 166 g/mol. The van der Waals surface area contributed by atoms with Crippen LogP contribution in [0.5, 0.6) is 5.75 Å². The molecule has 4 N–H and O–H groups in total. The fourth-order valence-corrected chi connectivity index (χ4v) is 0.958. The van der Waals surface area contributed by atoms with E-state index in [1.165, 1.54) is 6.07 Å². The minimum absolute atomic E-state index is 0.212. The average Bonchev–Trinajstić information content (AvgIpc) is 2.03. The third-order valence-corrected chi connectivity index (χ3v) is 1.59. The summed E-state index contributed by atoms with van der Waals surface area (Å²) in [5, 5.41) is 12.5. The molecule has 0 aromatic heterocycles. The Hall–Kier alpha value is -1.38. The Morgan fingerprint density at radius 1 is 1.50 bits per heavy atom. The number of hydrogen-bond donors (Lipinski definition) is 3. The van der Waals surface area contributed by atoms with Crippen molar-refractivity contribution in [2.45, 2.75) is 13.3 Å². The van der Waals surface area contributed by atoms with Crippen molar-refractivity contribution in [3.63, 3.8) is 0 Å². The van der Waals surface area contributed by atoms with E-state index in [2.05, 4.69) is 12.2 Å². The van der Waals surface area contributed by atoms with Gasteiger partial charge < -0.3 is 16.2 Å². The van der Waals surface area contributed by atoms with Gasteiger partial charge in [-0.05, 0) is 18.6 Å². The van der Waals surface area contributed by atoms with Gasteiger partial charge in [0.2, 0.25) is 0 Å². The molecule has 0 amide bonds. The molecule has 0 atom stereocenters. The summed E-state index contributed by atoms with van der Waals surface area (Å²) in [4.78, 5) is 0. The maximum atomic E-state index is 9.38. The molecule has 0 fully saturated rings. The van der Waals surface area contributed by atoms with Crippen molar-refractivity contribution >= 4 is 11.4 Å². The van der Waals surface area contributed by atoms with Gasteiger partial charge in [0.15, 0.2) is 0 Å². The Kier molecular flexibility index (Phi) is 2.80. The molecule has 1 rings (SSSR count). The number of aromatic hydroxyl groups is 1. The van der Waals surface area contributed by atoms with Crippen LogP contribution < -0.4 is 11.1 Å². The molecule has 1 aromatic rings. The molecule has 1 aromatic carbocycles. The van der Waals surface area contributed by atoms with Gasteiger partial charge in [-0.2, -0.15) is 0 Å². The number of nitrogen functional groups attached to an aromatic ring is 1. The first-order valence-electron chi connectivity index (χ1n) is 4.06. The summed E-state index contributed by atoms with van der Waals surface area (Å²) < 4.78 is 0. The van der Waals surface area contributed by atoms with Crippen molar-refractivity contribution in [3.8, 4) is 5.75 Å². The number of phenols is 1. The van der Waals surface area contributed by atoms with Crippen LogP contribution in [0, 0.1) is 0 Å². The van der Waals surface area contributed by atoms with E-state index in [1.807, 2.05) is 0 Å². The van der Waals surface area contributed by atoms with Crippen LogP contribution in [0.15, 0.2) is 18.2 Å². The van der Waals surface area contributed by atoms with Crippen LogP contribution in [-0.4, -0.2) is 11.7 Å². The Morgan fingerprint density at radius 2 is 2.25 bits per heavy atom. The maximum Gasteiger partial charge on any atom is 0.140 e. The van der Waals surface area contributed by atoms with Gasteiger partial charge in [-0.15, -0.1) is 0 Å². The lowest BCUT2D eigenvalue weighted by molar-refractivity contribution is 0.477. The van der Waals surface area contributed by atoms with E-state index in [4.69, 9.17) is 5.73 Å². The number of nitrogens with one attached hydrogen (secondary N) is 1. The summed E-state index contributed by atoms with van der Waals surface area (Å²) in [6.45, 7) is 2.93. The van der Waals surface area contributed by atoms with Crippen LogP contribution in [-0.2, 0) is 0 Å². The molecule has 0 heterocycles. The highest BCUT2D eigenvalue weighted by atomic mass is 16.3. The highest BCUT2D eigenvalue weighted by Gasteiger charge is 1.98. The van der Waals surface area contributed by atoms with Crippen molar-refractivity contribution in [2.24, 2.45) is 0 Å². The first kappa shape index (κ1) is 8.71.